The maximum absolute atomic E-state index is 14.1. The summed E-state index contributed by atoms with van der Waals surface area (Å²) in [5, 5.41) is 2.22. The van der Waals surface area contributed by atoms with Gasteiger partial charge in [-0.3, -0.25) is 13.9 Å². The van der Waals surface area contributed by atoms with E-state index in [1.807, 2.05) is 26.0 Å². The molecule has 232 valence electrons. The summed E-state index contributed by atoms with van der Waals surface area (Å²) in [5.41, 5.74) is -0.0217. The van der Waals surface area contributed by atoms with Crippen molar-refractivity contribution in [2.45, 2.75) is 63.7 Å². The lowest BCUT2D eigenvalue weighted by molar-refractivity contribution is -0.140. The van der Waals surface area contributed by atoms with Gasteiger partial charge >= 0.3 is 6.18 Å². The van der Waals surface area contributed by atoms with E-state index in [0.29, 0.717) is 22.5 Å². The number of carbonyl (C=O) groups excluding carboxylic acids is 2. The molecule has 7 nitrogen and oxygen atoms in total. The summed E-state index contributed by atoms with van der Waals surface area (Å²) < 4.78 is 69.6. The van der Waals surface area contributed by atoms with Gasteiger partial charge in [-0.25, -0.2) is 8.42 Å². The molecule has 3 aromatic rings. The highest BCUT2D eigenvalue weighted by atomic mass is 35.5. The Bertz CT molecular complexity index is 1520. The minimum Gasteiger partial charge on any atom is -0.354 e. The van der Waals surface area contributed by atoms with E-state index in [2.05, 4.69) is 5.32 Å². The van der Waals surface area contributed by atoms with Crippen molar-refractivity contribution in [1.29, 1.82) is 0 Å². The number of anilines is 1. The molecule has 43 heavy (non-hydrogen) atoms. The number of nitrogens with one attached hydrogen (secondary N) is 1. The summed E-state index contributed by atoms with van der Waals surface area (Å²) in [4.78, 5) is 28.4. The van der Waals surface area contributed by atoms with Gasteiger partial charge in [0.05, 0.1) is 21.2 Å². The summed E-state index contributed by atoms with van der Waals surface area (Å²) in [6.07, 6.45) is -3.08. The molecule has 1 N–H and O–H groups in total. The van der Waals surface area contributed by atoms with Crippen LogP contribution in [0.1, 0.15) is 49.8 Å². The van der Waals surface area contributed by atoms with Crippen LogP contribution in [-0.2, 0) is 32.3 Å². The van der Waals surface area contributed by atoms with E-state index < -0.39 is 56.9 Å². The third kappa shape index (κ3) is 8.73. The largest absolute Gasteiger partial charge is 0.417 e. The molecule has 0 heterocycles. The zero-order valence-corrected chi connectivity index (χ0v) is 25.8. The van der Waals surface area contributed by atoms with Gasteiger partial charge in [0.25, 0.3) is 10.0 Å². The van der Waals surface area contributed by atoms with Crippen LogP contribution in [0.25, 0.3) is 0 Å². The normalized spacial score (nSPS) is 12.4. The Morgan fingerprint density at radius 3 is 2.28 bits per heavy atom. The Labute approximate surface area is 255 Å². The smallest absolute Gasteiger partial charge is 0.354 e. The Morgan fingerprint density at radius 1 is 0.977 bits per heavy atom. The summed E-state index contributed by atoms with van der Waals surface area (Å²) in [6.45, 7) is 5.09. The van der Waals surface area contributed by atoms with Crippen molar-refractivity contribution in [3.8, 4) is 0 Å². The molecule has 0 unspecified atom stereocenters. The summed E-state index contributed by atoms with van der Waals surface area (Å²) in [6, 6.07) is 16.1. The number of halogens is 4. The number of amides is 2. The number of hydrogen-bond acceptors (Lipinski definition) is 4. The number of benzene rings is 3. The lowest BCUT2D eigenvalue weighted by Crippen LogP contribution is -2.52. The highest BCUT2D eigenvalue weighted by molar-refractivity contribution is 7.92. The second kappa shape index (κ2) is 14.7. The molecule has 0 bridgehead atoms. The van der Waals surface area contributed by atoms with E-state index in [-0.39, 0.29) is 17.9 Å². The number of aryl methyl sites for hydroxylation is 1. The molecule has 3 aromatic carbocycles. The molecule has 2 amide bonds. The molecule has 0 aliphatic carbocycles. The Kier molecular flexibility index (Phi) is 11.6. The van der Waals surface area contributed by atoms with Gasteiger partial charge in [-0.05, 0) is 55.7 Å². The molecule has 12 heteroatoms. The fourth-order valence-electron chi connectivity index (χ4n) is 4.57. The second-order valence-corrected chi connectivity index (χ2v) is 12.3. The van der Waals surface area contributed by atoms with E-state index >= 15 is 0 Å². The van der Waals surface area contributed by atoms with Gasteiger partial charge in [0.15, 0.2) is 0 Å². The van der Waals surface area contributed by atoms with Crippen LogP contribution in [0.3, 0.4) is 0 Å². The van der Waals surface area contributed by atoms with E-state index in [1.165, 1.54) is 29.2 Å². The number of nitrogens with zero attached hydrogens (tertiary/aromatic N) is 2. The number of hydrogen-bond donors (Lipinski definition) is 1. The third-order valence-corrected chi connectivity index (χ3v) is 8.92. The first-order chi connectivity index (χ1) is 20.3. The van der Waals surface area contributed by atoms with Gasteiger partial charge in [-0.1, -0.05) is 79.9 Å². The van der Waals surface area contributed by atoms with Gasteiger partial charge in [-0.2, -0.15) is 13.2 Å². The second-order valence-electron chi connectivity index (χ2n) is 10.1. The van der Waals surface area contributed by atoms with Crippen molar-refractivity contribution in [1.82, 2.24) is 10.2 Å². The zero-order chi connectivity index (χ0) is 31.8. The first-order valence-electron chi connectivity index (χ1n) is 13.9. The number of unbranched alkanes of at least 4 members (excludes halogenated alkanes) is 1. The SMILES string of the molecule is CCCCNC(=O)[C@H](CC)N(Cc1cccc(C)c1)C(=O)CN(c1ccc(Cl)c(C(F)(F)F)c1)S(=O)(=O)c1ccccc1. The van der Waals surface area contributed by atoms with Crippen molar-refractivity contribution < 1.29 is 31.2 Å². The molecule has 0 fully saturated rings. The van der Waals surface area contributed by atoms with Crippen LogP contribution >= 0.6 is 11.6 Å². The first kappa shape index (κ1) is 33.9. The van der Waals surface area contributed by atoms with Crippen LogP contribution in [0.15, 0.2) is 77.7 Å². The van der Waals surface area contributed by atoms with E-state index in [4.69, 9.17) is 11.6 Å². The average Bonchev–Trinajstić information content (AvgIpc) is 2.96. The number of sulfonamides is 1. The topological polar surface area (TPSA) is 86.8 Å². The maximum atomic E-state index is 14.1. The van der Waals surface area contributed by atoms with Gasteiger partial charge in [0.2, 0.25) is 11.8 Å². The van der Waals surface area contributed by atoms with Crippen molar-refractivity contribution >= 4 is 39.1 Å². The standard InChI is InChI=1S/C31H35ClF3N3O4S/c1-4-6-17-36-30(40)28(5-2)37(20-23-12-10-11-22(3)18-23)29(39)21-38(43(41,42)25-13-8-7-9-14-25)24-15-16-27(32)26(19-24)31(33,34)35/h7-16,18-19,28H,4-6,17,20-21H2,1-3H3,(H,36,40)/t28-/m0/s1. The molecule has 0 aromatic heterocycles. The summed E-state index contributed by atoms with van der Waals surface area (Å²) in [7, 11) is -4.53. The van der Waals surface area contributed by atoms with Gasteiger partial charge in [-0.15, -0.1) is 0 Å². The minimum absolute atomic E-state index is 0.0200. The highest BCUT2D eigenvalue weighted by Crippen LogP contribution is 2.38. The first-order valence-corrected chi connectivity index (χ1v) is 15.7. The number of carbonyl (C=O) groups is 2. The quantitative estimate of drug-likeness (QED) is 0.214. The van der Waals surface area contributed by atoms with Crippen LogP contribution in [0, 0.1) is 6.92 Å². The summed E-state index contributed by atoms with van der Waals surface area (Å²) in [5.74, 6) is -1.16. The minimum atomic E-state index is -4.87. The molecule has 3 rings (SSSR count). The zero-order valence-electron chi connectivity index (χ0n) is 24.2. The van der Waals surface area contributed by atoms with E-state index in [0.717, 1.165) is 30.5 Å². The fourth-order valence-corrected chi connectivity index (χ4v) is 6.22. The van der Waals surface area contributed by atoms with Crippen molar-refractivity contribution in [3.05, 3.63) is 94.5 Å². The van der Waals surface area contributed by atoms with Crippen molar-refractivity contribution in [3.63, 3.8) is 0 Å². The van der Waals surface area contributed by atoms with Gasteiger partial charge in [0, 0.05) is 13.1 Å². The molecule has 1 atom stereocenters. The van der Waals surface area contributed by atoms with Crippen LogP contribution in [0.2, 0.25) is 5.02 Å². The number of rotatable bonds is 13. The Balaban J connectivity index is 2.11. The molecule has 0 aliphatic heterocycles. The van der Waals surface area contributed by atoms with Gasteiger partial charge in [0.1, 0.15) is 12.6 Å². The summed E-state index contributed by atoms with van der Waals surface area (Å²) >= 11 is 5.82. The van der Waals surface area contributed by atoms with Gasteiger partial charge < -0.3 is 10.2 Å². The Morgan fingerprint density at radius 2 is 1.67 bits per heavy atom. The highest BCUT2D eigenvalue weighted by Gasteiger charge is 2.37. The number of alkyl halides is 3. The van der Waals surface area contributed by atoms with Crippen LogP contribution in [-0.4, -0.2) is 44.3 Å². The molecular weight excluding hydrogens is 603 g/mol. The van der Waals surface area contributed by atoms with Crippen molar-refractivity contribution in [2.75, 3.05) is 17.4 Å². The molecular formula is C31H35ClF3N3O4S. The monoisotopic (exact) mass is 637 g/mol. The maximum Gasteiger partial charge on any atom is 0.417 e. The van der Waals surface area contributed by atoms with Crippen LogP contribution in [0.5, 0.6) is 0 Å². The van der Waals surface area contributed by atoms with Crippen molar-refractivity contribution in [2.24, 2.45) is 0 Å². The molecule has 0 spiro atoms. The van der Waals surface area contributed by atoms with Crippen LogP contribution < -0.4 is 9.62 Å². The molecule has 0 saturated heterocycles. The third-order valence-electron chi connectivity index (χ3n) is 6.80. The predicted molar refractivity (Wildman–Crippen MR) is 161 cm³/mol. The molecule has 0 radical (unpaired) electrons. The Hall–Kier alpha value is -3.57. The predicted octanol–water partition coefficient (Wildman–Crippen LogP) is 6.59. The molecule has 0 aliphatic rings. The lowest BCUT2D eigenvalue weighted by atomic mass is 10.1. The molecule has 0 saturated carbocycles. The van der Waals surface area contributed by atoms with Crippen LogP contribution in [0.4, 0.5) is 18.9 Å². The van der Waals surface area contributed by atoms with E-state index in [1.54, 1.807) is 25.1 Å². The van der Waals surface area contributed by atoms with E-state index in [9.17, 15) is 31.2 Å². The average molecular weight is 638 g/mol. The fraction of sp³-hybridized carbons (Fsp3) is 0.355. The lowest BCUT2D eigenvalue weighted by Gasteiger charge is -2.33.